The summed E-state index contributed by atoms with van der Waals surface area (Å²) in [5.74, 6) is -2.79. The third-order valence-electron chi connectivity index (χ3n) is 4.85. The minimum Gasteiger partial charge on any atom is -0.444 e. The van der Waals surface area contributed by atoms with Crippen molar-refractivity contribution >= 4 is 35.8 Å². The van der Waals surface area contributed by atoms with Gasteiger partial charge in [-0.05, 0) is 32.8 Å². The number of carbonyl (C=O) groups excluding carboxylic acids is 6. The van der Waals surface area contributed by atoms with E-state index in [1.165, 1.54) is 7.05 Å². The van der Waals surface area contributed by atoms with Gasteiger partial charge in [-0.15, -0.1) is 0 Å². The second-order valence-corrected chi connectivity index (χ2v) is 9.11. The van der Waals surface area contributed by atoms with Crippen molar-refractivity contribution in [3.63, 3.8) is 0 Å². The average molecular weight is 522 g/mol. The molecular weight excluding hydrogens is 486 g/mol. The molecule has 8 N–H and O–H groups in total. The zero-order valence-electron chi connectivity index (χ0n) is 21.3. The summed E-state index contributed by atoms with van der Waals surface area (Å²) >= 11 is 0. The van der Waals surface area contributed by atoms with Crippen molar-refractivity contribution < 1.29 is 33.5 Å². The quantitative estimate of drug-likeness (QED) is 0.200. The first-order valence-electron chi connectivity index (χ1n) is 11.4. The van der Waals surface area contributed by atoms with Crippen LogP contribution in [0.15, 0.2) is 30.3 Å². The molecule has 0 saturated carbocycles. The average Bonchev–Trinajstić information content (AvgIpc) is 2.80. The predicted molar refractivity (Wildman–Crippen MR) is 132 cm³/mol. The summed E-state index contributed by atoms with van der Waals surface area (Å²) in [6, 6.07) is 5.56. The first-order valence-corrected chi connectivity index (χ1v) is 11.4. The van der Waals surface area contributed by atoms with Crippen LogP contribution in [0.3, 0.4) is 0 Å². The molecule has 0 radical (unpaired) electrons. The molecule has 0 spiro atoms. The van der Waals surface area contributed by atoms with Gasteiger partial charge in [0.25, 0.3) is 5.91 Å². The van der Waals surface area contributed by atoms with Crippen LogP contribution < -0.4 is 33.0 Å². The van der Waals surface area contributed by atoms with Gasteiger partial charge in [0.15, 0.2) is 0 Å². The first kappa shape index (κ1) is 30.7. The van der Waals surface area contributed by atoms with Crippen molar-refractivity contribution in [2.24, 2.45) is 11.5 Å². The summed E-state index contributed by atoms with van der Waals surface area (Å²) in [5.41, 5.74) is 14.2. The highest BCUT2D eigenvalue weighted by Gasteiger charge is 2.29. The van der Waals surface area contributed by atoms with Crippen LogP contribution in [0.5, 0.6) is 0 Å². The standard InChI is InChI=1S/C23H35N7O7/c1-23(2,3)37-22(36)27-15(10-11-17(24)31)19(33)26-13-18(32)30(4)16(20(34)28-29-21(25)35)12-14-8-6-5-7-9-14/h5-9,15-16H,10-13H2,1-4H3,(H2,24,31)(H,26,33)(H,27,36)(H,28,34)(H3,25,29,35)/t15-,16+/m1/s1. The fraction of sp³-hybridized carbons (Fsp3) is 0.478. The lowest BCUT2D eigenvalue weighted by Gasteiger charge is -2.28. The second-order valence-electron chi connectivity index (χ2n) is 9.11. The van der Waals surface area contributed by atoms with Crippen molar-refractivity contribution in [2.75, 3.05) is 13.6 Å². The Labute approximate surface area is 214 Å². The van der Waals surface area contributed by atoms with Crippen LogP contribution in [0, 0.1) is 0 Å². The van der Waals surface area contributed by atoms with Gasteiger partial charge in [-0.25, -0.2) is 15.0 Å². The molecule has 1 aromatic carbocycles. The molecule has 2 atom stereocenters. The van der Waals surface area contributed by atoms with Crippen molar-refractivity contribution in [2.45, 2.75) is 57.7 Å². The van der Waals surface area contributed by atoms with Gasteiger partial charge in [0.05, 0.1) is 6.54 Å². The normalized spacial score (nSPS) is 12.3. The van der Waals surface area contributed by atoms with Crippen molar-refractivity contribution in [1.29, 1.82) is 0 Å². The molecule has 0 bridgehead atoms. The number of amides is 7. The van der Waals surface area contributed by atoms with E-state index >= 15 is 0 Å². The maximum absolute atomic E-state index is 12.9. The van der Waals surface area contributed by atoms with E-state index in [1.54, 1.807) is 51.1 Å². The second kappa shape index (κ2) is 14.3. The molecular formula is C23H35N7O7. The van der Waals surface area contributed by atoms with Gasteiger partial charge >= 0.3 is 12.1 Å². The minimum atomic E-state index is -1.20. The number of benzene rings is 1. The monoisotopic (exact) mass is 521 g/mol. The highest BCUT2D eigenvalue weighted by Crippen LogP contribution is 2.10. The number of nitrogens with one attached hydrogen (secondary N) is 4. The van der Waals surface area contributed by atoms with Gasteiger partial charge in [-0.2, -0.15) is 0 Å². The van der Waals surface area contributed by atoms with Crippen molar-refractivity contribution in [3.05, 3.63) is 35.9 Å². The van der Waals surface area contributed by atoms with E-state index in [-0.39, 0.29) is 19.3 Å². The SMILES string of the molecule is CN(C(=O)CNC(=O)[C@@H](CCC(N)=O)NC(=O)OC(C)(C)C)[C@@H](Cc1ccccc1)C(=O)NNC(N)=O. The molecule has 14 nitrogen and oxygen atoms in total. The predicted octanol–water partition coefficient (Wildman–Crippen LogP) is -0.969. The number of primary amides is 2. The van der Waals surface area contributed by atoms with Crippen LogP contribution in [0.25, 0.3) is 0 Å². The smallest absolute Gasteiger partial charge is 0.408 e. The fourth-order valence-corrected chi connectivity index (χ4v) is 3.04. The van der Waals surface area contributed by atoms with Crippen LogP contribution in [-0.2, 0) is 30.3 Å². The van der Waals surface area contributed by atoms with Gasteiger partial charge in [0.1, 0.15) is 17.7 Å². The van der Waals surface area contributed by atoms with Crippen LogP contribution in [0.4, 0.5) is 9.59 Å². The summed E-state index contributed by atoms with van der Waals surface area (Å²) in [6.07, 6.45) is -1.11. The van der Waals surface area contributed by atoms with E-state index in [0.29, 0.717) is 0 Å². The molecule has 37 heavy (non-hydrogen) atoms. The highest BCUT2D eigenvalue weighted by atomic mass is 16.6. The van der Waals surface area contributed by atoms with E-state index in [2.05, 4.69) is 16.1 Å². The van der Waals surface area contributed by atoms with E-state index in [0.717, 1.165) is 10.5 Å². The van der Waals surface area contributed by atoms with Crippen molar-refractivity contribution in [1.82, 2.24) is 26.4 Å². The molecule has 1 rings (SSSR count). The topological polar surface area (TPSA) is 215 Å². The number of rotatable bonds is 11. The van der Waals surface area contributed by atoms with E-state index in [9.17, 15) is 28.8 Å². The molecule has 0 unspecified atom stereocenters. The Balaban J connectivity index is 2.90. The van der Waals surface area contributed by atoms with Crippen LogP contribution in [0.2, 0.25) is 0 Å². The molecule has 204 valence electrons. The number of hydrazine groups is 1. The van der Waals surface area contributed by atoms with Crippen LogP contribution >= 0.6 is 0 Å². The number of carbonyl (C=O) groups is 6. The molecule has 1 aromatic rings. The molecule has 0 aliphatic carbocycles. The van der Waals surface area contributed by atoms with Crippen LogP contribution in [-0.4, -0.2) is 71.9 Å². The fourth-order valence-electron chi connectivity index (χ4n) is 3.04. The Bertz CT molecular complexity index is 979. The van der Waals surface area contributed by atoms with E-state index in [1.807, 2.05) is 5.43 Å². The van der Waals surface area contributed by atoms with Gasteiger partial charge in [0, 0.05) is 19.9 Å². The van der Waals surface area contributed by atoms with Gasteiger partial charge < -0.3 is 31.7 Å². The number of hydrogen-bond donors (Lipinski definition) is 6. The number of alkyl carbamates (subject to hydrolysis) is 1. The lowest BCUT2D eigenvalue weighted by Crippen LogP contribution is -2.56. The maximum Gasteiger partial charge on any atom is 0.408 e. The minimum absolute atomic E-state index is 0.102. The summed E-state index contributed by atoms with van der Waals surface area (Å²) in [5, 5.41) is 4.75. The van der Waals surface area contributed by atoms with Gasteiger partial charge in [-0.1, -0.05) is 30.3 Å². The Morgan fingerprint density at radius 3 is 2.14 bits per heavy atom. The Morgan fingerprint density at radius 1 is 0.973 bits per heavy atom. The maximum atomic E-state index is 12.9. The zero-order valence-corrected chi connectivity index (χ0v) is 21.3. The van der Waals surface area contributed by atoms with Crippen molar-refractivity contribution in [3.8, 4) is 0 Å². The first-order chi connectivity index (χ1) is 17.2. The van der Waals surface area contributed by atoms with Gasteiger partial charge in [-0.3, -0.25) is 24.6 Å². The summed E-state index contributed by atoms with van der Waals surface area (Å²) in [6.45, 7) is 4.39. The molecule has 0 aliphatic rings. The lowest BCUT2D eigenvalue weighted by molar-refractivity contribution is -0.139. The number of nitrogens with two attached hydrogens (primary N) is 2. The highest BCUT2D eigenvalue weighted by molar-refractivity contribution is 5.92. The van der Waals surface area contributed by atoms with E-state index < -0.39 is 60.0 Å². The number of likely N-dealkylation sites (N-methyl/N-ethyl adjacent to an activating group) is 1. The number of urea groups is 1. The third-order valence-corrected chi connectivity index (χ3v) is 4.85. The Hall–Kier alpha value is -4.36. The number of ether oxygens (including phenoxy) is 1. The molecule has 0 fully saturated rings. The summed E-state index contributed by atoms with van der Waals surface area (Å²) < 4.78 is 5.14. The number of nitrogens with zero attached hydrogens (tertiary/aromatic N) is 1. The molecule has 0 saturated heterocycles. The summed E-state index contributed by atoms with van der Waals surface area (Å²) in [4.78, 5) is 73.6. The van der Waals surface area contributed by atoms with Gasteiger partial charge in [0.2, 0.25) is 17.7 Å². The Morgan fingerprint density at radius 2 is 1.59 bits per heavy atom. The molecule has 0 aromatic heterocycles. The molecule has 7 amide bonds. The largest absolute Gasteiger partial charge is 0.444 e. The summed E-state index contributed by atoms with van der Waals surface area (Å²) in [7, 11) is 1.36. The third kappa shape index (κ3) is 12.2. The Kier molecular flexibility index (Phi) is 11.8. The molecule has 0 heterocycles. The molecule has 14 heteroatoms. The zero-order chi connectivity index (χ0) is 28.2. The number of hydrogen-bond acceptors (Lipinski definition) is 7. The molecule has 0 aliphatic heterocycles. The lowest BCUT2D eigenvalue weighted by atomic mass is 10.0. The van der Waals surface area contributed by atoms with E-state index in [4.69, 9.17) is 16.2 Å². The van der Waals surface area contributed by atoms with Crippen LogP contribution in [0.1, 0.15) is 39.2 Å².